The molecule has 0 N–H and O–H groups in total. The number of aromatic nitrogens is 4. The van der Waals surface area contributed by atoms with E-state index >= 15 is 0 Å². The molecule has 10 aromatic rings. The topological polar surface area (TPSA) is 51.6 Å². The van der Waals surface area contributed by atoms with Gasteiger partial charge in [-0.2, -0.15) is 0 Å². The van der Waals surface area contributed by atoms with Crippen molar-refractivity contribution in [3.05, 3.63) is 194 Å². The number of benzene rings is 7. The Morgan fingerprint density at radius 3 is 1.33 bits per heavy atom. The normalized spacial score (nSPS) is 11.3. The average molecular weight is 721 g/mol. The smallest absolute Gasteiger partial charge is 0.160 e. The Balaban J connectivity index is 1.10. The van der Waals surface area contributed by atoms with Crippen LogP contribution in [0.5, 0.6) is 0 Å². The van der Waals surface area contributed by atoms with Crippen molar-refractivity contribution >= 4 is 31.5 Å². The zero-order valence-corrected chi connectivity index (χ0v) is 30.5. The van der Waals surface area contributed by atoms with Gasteiger partial charge in [-0.15, -0.1) is 11.3 Å². The van der Waals surface area contributed by atoms with Crippen molar-refractivity contribution in [2.45, 2.75) is 0 Å². The minimum Gasteiger partial charge on any atom is -0.228 e. The van der Waals surface area contributed by atoms with Crippen molar-refractivity contribution in [3.63, 3.8) is 0 Å². The van der Waals surface area contributed by atoms with E-state index in [-0.39, 0.29) is 0 Å². The van der Waals surface area contributed by atoms with Crippen LogP contribution < -0.4 is 0 Å². The number of hydrogen-bond acceptors (Lipinski definition) is 5. The summed E-state index contributed by atoms with van der Waals surface area (Å²) in [5.74, 6) is 1.40. The molecule has 0 amide bonds. The van der Waals surface area contributed by atoms with Crippen LogP contribution in [0.25, 0.3) is 99.1 Å². The summed E-state index contributed by atoms with van der Waals surface area (Å²) in [6, 6.07) is 67.3. The molecule has 3 heterocycles. The SMILES string of the molecule is c1ccc(-c2ccc(-c3nc(-c4ccccc4)cc(-c4cccc5c4sc4ccc(-c6cc(-c7ccccc7)nc(-c7ccccc7)n6)cc45)n3)cc2)cc1. The zero-order chi connectivity index (χ0) is 36.6. The Labute approximate surface area is 323 Å². The van der Waals surface area contributed by atoms with Crippen LogP contribution in [0.15, 0.2) is 194 Å². The van der Waals surface area contributed by atoms with Crippen LogP contribution in [0.2, 0.25) is 0 Å². The lowest BCUT2D eigenvalue weighted by molar-refractivity contribution is 1.18. The van der Waals surface area contributed by atoms with Crippen LogP contribution in [0, 0.1) is 0 Å². The van der Waals surface area contributed by atoms with Crippen LogP contribution in [0.4, 0.5) is 0 Å². The minimum absolute atomic E-state index is 0.698. The molecular formula is C50H32N4S. The number of nitrogens with zero attached hydrogens (tertiary/aromatic N) is 4. The third kappa shape index (κ3) is 6.37. The summed E-state index contributed by atoms with van der Waals surface area (Å²) in [5, 5.41) is 2.38. The van der Waals surface area contributed by atoms with Gasteiger partial charge in [0.2, 0.25) is 0 Å². The van der Waals surface area contributed by atoms with E-state index in [0.717, 1.165) is 61.7 Å². The molecular weight excluding hydrogens is 689 g/mol. The molecule has 0 unspecified atom stereocenters. The monoisotopic (exact) mass is 720 g/mol. The van der Waals surface area contributed by atoms with Crippen molar-refractivity contribution in [2.75, 3.05) is 0 Å². The van der Waals surface area contributed by atoms with Gasteiger partial charge >= 0.3 is 0 Å². The second-order valence-corrected chi connectivity index (χ2v) is 14.5. The molecule has 0 bridgehead atoms. The third-order valence-electron chi connectivity index (χ3n) is 9.94. The van der Waals surface area contributed by atoms with E-state index in [4.69, 9.17) is 19.9 Å². The van der Waals surface area contributed by atoms with E-state index in [1.807, 2.05) is 48.5 Å². The Bertz CT molecular complexity index is 2890. The van der Waals surface area contributed by atoms with Crippen molar-refractivity contribution in [2.24, 2.45) is 0 Å². The molecule has 0 aliphatic heterocycles. The second-order valence-electron chi connectivity index (χ2n) is 13.5. The molecule has 4 nitrogen and oxygen atoms in total. The molecule has 7 aromatic carbocycles. The summed E-state index contributed by atoms with van der Waals surface area (Å²) in [6.07, 6.45) is 0. The van der Waals surface area contributed by atoms with Crippen LogP contribution >= 0.6 is 11.3 Å². The van der Waals surface area contributed by atoms with E-state index < -0.39 is 0 Å². The summed E-state index contributed by atoms with van der Waals surface area (Å²) >= 11 is 1.80. The molecule has 0 atom stereocenters. The van der Waals surface area contributed by atoms with Gasteiger partial charge in [0, 0.05) is 53.6 Å². The first-order valence-electron chi connectivity index (χ1n) is 18.3. The van der Waals surface area contributed by atoms with Gasteiger partial charge in [-0.05, 0) is 35.4 Å². The van der Waals surface area contributed by atoms with Gasteiger partial charge in [-0.25, -0.2) is 19.9 Å². The van der Waals surface area contributed by atoms with Crippen LogP contribution in [-0.4, -0.2) is 19.9 Å². The third-order valence-corrected chi connectivity index (χ3v) is 11.2. The van der Waals surface area contributed by atoms with Gasteiger partial charge in [0.25, 0.3) is 0 Å². The standard InChI is InChI=1S/C50H32N4S/c1-5-14-33(15-6-1)34-24-26-38(27-25-34)50-52-44(36-18-9-3-10-19-36)32-46(54-50)41-23-13-22-40-42-30-39(28-29-47(42)55-48(40)41)45-31-43(35-16-7-2-8-17-35)51-49(53-45)37-20-11-4-12-21-37/h1-32H. The van der Waals surface area contributed by atoms with Gasteiger partial charge in [-0.1, -0.05) is 170 Å². The highest BCUT2D eigenvalue weighted by atomic mass is 32.1. The number of fused-ring (bicyclic) bond motifs is 3. The van der Waals surface area contributed by atoms with Crippen LogP contribution in [-0.2, 0) is 0 Å². The summed E-state index contributed by atoms with van der Waals surface area (Å²) in [6.45, 7) is 0. The van der Waals surface area contributed by atoms with Gasteiger partial charge < -0.3 is 0 Å². The maximum atomic E-state index is 5.24. The van der Waals surface area contributed by atoms with E-state index in [1.54, 1.807) is 11.3 Å². The fourth-order valence-corrected chi connectivity index (χ4v) is 8.35. The van der Waals surface area contributed by atoms with Gasteiger partial charge in [-0.3, -0.25) is 0 Å². The van der Waals surface area contributed by atoms with E-state index in [9.17, 15) is 0 Å². The lowest BCUT2D eigenvalue weighted by atomic mass is 10.0. The summed E-state index contributed by atoms with van der Waals surface area (Å²) < 4.78 is 2.40. The van der Waals surface area contributed by atoms with Crippen LogP contribution in [0.1, 0.15) is 0 Å². The quantitative estimate of drug-likeness (QED) is 0.164. The first kappa shape index (κ1) is 32.6. The Hall–Kier alpha value is -7.08. The Kier molecular flexibility index (Phi) is 8.32. The Morgan fingerprint density at radius 2 is 0.727 bits per heavy atom. The molecule has 0 radical (unpaired) electrons. The summed E-state index contributed by atoms with van der Waals surface area (Å²) in [5.41, 5.74) is 12.1. The first-order valence-corrected chi connectivity index (χ1v) is 19.1. The van der Waals surface area contributed by atoms with Gasteiger partial charge in [0.1, 0.15) is 0 Å². The molecule has 0 saturated carbocycles. The highest BCUT2D eigenvalue weighted by molar-refractivity contribution is 7.26. The van der Waals surface area contributed by atoms with E-state index in [0.29, 0.717) is 11.6 Å². The maximum Gasteiger partial charge on any atom is 0.160 e. The van der Waals surface area contributed by atoms with Gasteiger partial charge in [0.15, 0.2) is 11.6 Å². The van der Waals surface area contributed by atoms with Crippen molar-refractivity contribution in [1.29, 1.82) is 0 Å². The lowest BCUT2D eigenvalue weighted by Crippen LogP contribution is -1.96. The number of hydrogen-bond donors (Lipinski definition) is 0. The second kappa shape index (κ2) is 14.0. The fraction of sp³-hybridized carbons (Fsp3) is 0. The van der Waals surface area contributed by atoms with E-state index in [2.05, 4.69) is 146 Å². The zero-order valence-electron chi connectivity index (χ0n) is 29.7. The Morgan fingerprint density at radius 1 is 0.291 bits per heavy atom. The molecule has 0 fully saturated rings. The average Bonchev–Trinajstić information content (AvgIpc) is 3.66. The molecule has 0 saturated heterocycles. The predicted octanol–water partition coefficient (Wildman–Crippen LogP) is 13.3. The van der Waals surface area contributed by atoms with E-state index in [1.165, 1.54) is 25.7 Å². The number of rotatable bonds is 7. The maximum absolute atomic E-state index is 5.24. The first-order chi connectivity index (χ1) is 27.2. The fourth-order valence-electron chi connectivity index (χ4n) is 7.14. The van der Waals surface area contributed by atoms with Gasteiger partial charge in [0.05, 0.1) is 22.8 Å². The van der Waals surface area contributed by atoms with Crippen LogP contribution in [0.3, 0.4) is 0 Å². The molecule has 10 rings (SSSR count). The molecule has 258 valence electrons. The van der Waals surface area contributed by atoms with Crippen molar-refractivity contribution in [3.8, 4) is 78.9 Å². The highest BCUT2D eigenvalue weighted by Crippen LogP contribution is 2.42. The molecule has 0 aliphatic rings. The molecule has 55 heavy (non-hydrogen) atoms. The number of thiophene rings is 1. The highest BCUT2D eigenvalue weighted by Gasteiger charge is 2.17. The lowest BCUT2D eigenvalue weighted by Gasteiger charge is -2.11. The minimum atomic E-state index is 0.698. The largest absolute Gasteiger partial charge is 0.228 e. The summed E-state index contributed by atoms with van der Waals surface area (Å²) in [7, 11) is 0. The molecule has 5 heteroatoms. The molecule has 0 spiro atoms. The summed E-state index contributed by atoms with van der Waals surface area (Å²) in [4.78, 5) is 20.5. The molecule has 3 aromatic heterocycles. The molecule has 0 aliphatic carbocycles. The van der Waals surface area contributed by atoms with Crippen molar-refractivity contribution < 1.29 is 0 Å². The van der Waals surface area contributed by atoms with Crippen molar-refractivity contribution in [1.82, 2.24) is 19.9 Å². The predicted molar refractivity (Wildman–Crippen MR) is 229 cm³/mol.